The summed E-state index contributed by atoms with van der Waals surface area (Å²) in [6, 6.07) is 2.74. The zero-order valence-corrected chi connectivity index (χ0v) is 30.5. The predicted octanol–water partition coefficient (Wildman–Crippen LogP) is 6.01. The van der Waals surface area contributed by atoms with E-state index < -0.39 is 69.1 Å². The molecule has 5 fully saturated rings. The summed E-state index contributed by atoms with van der Waals surface area (Å²) < 4.78 is 23.5. The molecule has 3 N–H and O–H groups in total. The molecule has 0 spiro atoms. The minimum absolute atomic E-state index is 0.0158. The topological polar surface area (TPSA) is 155 Å². The van der Waals surface area contributed by atoms with Crippen molar-refractivity contribution in [2.24, 2.45) is 39.9 Å². The summed E-state index contributed by atoms with van der Waals surface area (Å²) in [5.41, 5.74) is -2.31. The third kappa shape index (κ3) is 5.58. The molecular formula is C40H50FN3O8. The number of hydrogen-bond acceptors (Lipinski definition) is 8. The second kappa shape index (κ2) is 12.8. The van der Waals surface area contributed by atoms with Crippen LogP contribution in [0.15, 0.2) is 35.8 Å². The largest absolute Gasteiger partial charge is 0.477 e. The SMILES string of the molecule is C=C[C@]1(C)C[C@@H](OC(=O)NC(=O)C2CCN(c3cc4c(cc3F)c(=O)c(C(=O)O)cn4C3CC3)CC2)[C@@]2(C)C3C(=O)CCC3(CC[C@H]2C)[C@@H](C)[C@@H]1O. The van der Waals surface area contributed by atoms with E-state index in [-0.39, 0.29) is 47.1 Å². The summed E-state index contributed by atoms with van der Waals surface area (Å²) in [6.07, 6.45) is 5.99. The molecule has 1 aliphatic heterocycles. The normalized spacial score (nSPS) is 35.0. The Hall–Kier alpha value is -4.06. The molecule has 2 bridgehead atoms. The van der Waals surface area contributed by atoms with Gasteiger partial charge in [-0.3, -0.25) is 19.7 Å². The van der Waals surface area contributed by atoms with Crippen molar-refractivity contribution < 1.29 is 38.5 Å². The maximum atomic E-state index is 15.5. The number of carboxylic acids is 1. The van der Waals surface area contributed by atoms with Gasteiger partial charge in [0.25, 0.3) is 0 Å². The van der Waals surface area contributed by atoms with Gasteiger partial charge >= 0.3 is 12.1 Å². The van der Waals surface area contributed by atoms with Gasteiger partial charge in [-0.25, -0.2) is 14.0 Å². The number of ether oxygens (including phenoxy) is 1. The van der Waals surface area contributed by atoms with Crippen LogP contribution in [0, 0.1) is 45.7 Å². The fourth-order valence-electron chi connectivity index (χ4n) is 10.7. The van der Waals surface area contributed by atoms with E-state index in [0.29, 0.717) is 44.3 Å². The third-order valence-corrected chi connectivity index (χ3v) is 14.3. The van der Waals surface area contributed by atoms with E-state index in [0.717, 1.165) is 31.7 Å². The molecule has 1 saturated heterocycles. The van der Waals surface area contributed by atoms with Crippen LogP contribution in [-0.2, 0) is 14.3 Å². The van der Waals surface area contributed by atoms with E-state index in [1.165, 1.54) is 6.20 Å². The lowest BCUT2D eigenvalue weighted by atomic mass is 9.44. The lowest BCUT2D eigenvalue weighted by molar-refractivity contribution is -0.191. The van der Waals surface area contributed by atoms with Crippen LogP contribution < -0.4 is 15.6 Å². The first-order valence-corrected chi connectivity index (χ1v) is 18.8. The molecule has 5 aliphatic rings. The molecule has 1 aromatic heterocycles. The Morgan fingerprint density at radius 3 is 2.38 bits per heavy atom. The first-order chi connectivity index (χ1) is 24.6. The van der Waals surface area contributed by atoms with Crippen molar-refractivity contribution in [2.75, 3.05) is 18.0 Å². The second-order valence-electron chi connectivity index (χ2n) is 16.9. The number of piperidine rings is 1. The van der Waals surface area contributed by atoms with E-state index in [1.54, 1.807) is 21.6 Å². The second-order valence-corrected chi connectivity index (χ2v) is 16.9. The Morgan fingerprint density at radius 1 is 1.06 bits per heavy atom. The first-order valence-electron chi connectivity index (χ1n) is 18.8. The van der Waals surface area contributed by atoms with E-state index in [2.05, 4.69) is 18.8 Å². The predicted molar refractivity (Wildman–Crippen MR) is 192 cm³/mol. The van der Waals surface area contributed by atoms with Gasteiger partial charge in [0.15, 0.2) is 0 Å². The number of benzene rings is 1. The van der Waals surface area contributed by atoms with Gasteiger partial charge in [0, 0.05) is 59.8 Å². The number of fused-ring (bicyclic) bond motifs is 1. The van der Waals surface area contributed by atoms with Crippen LogP contribution in [0.3, 0.4) is 0 Å². The molecule has 2 unspecified atom stereocenters. The zero-order valence-electron chi connectivity index (χ0n) is 30.5. The Balaban J connectivity index is 1.07. The average Bonchev–Trinajstić information content (AvgIpc) is 3.90. The fourth-order valence-corrected chi connectivity index (χ4v) is 10.7. The zero-order chi connectivity index (χ0) is 37.5. The lowest BCUT2D eigenvalue weighted by Gasteiger charge is -2.61. The highest BCUT2D eigenvalue weighted by Gasteiger charge is 2.68. The highest BCUT2D eigenvalue weighted by molar-refractivity contribution is 5.94. The maximum absolute atomic E-state index is 15.5. The van der Waals surface area contributed by atoms with Crippen molar-refractivity contribution in [2.45, 2.75) is 104 Å². The quantitative estimate of drug-likeness (QED) is 0.305. The minimum atomic E-state index is -1.35. The number of pyridine rings is 1. The molecule has 280 valence electrons. The maximum Gasteiger partial charge on any atom is 0.414 e. The molecule has 4 saturated carbocycles. The number of aromatic carboxylic acids is 1. The number of aromatic nitrogens is 1. The summed E-state index contributed by atoms with van der Waals surface area (Å²) in [4.78, 5) is 67.2. The standard InChI is InChI=1S/C40H50FN3O8/c1-6-38(4)19-31(39(5)21(2)9-13-40(22(3)34(38)47)14-10-30(45)33(39)40)52-37(51)42-35(48)23-11-15-43(16-12-23)29-18-28-25(17-27(29)41)32(46)26(36(49)50)20-44(28)24-7-8-24/h6,17-18,20-24,31,33-34,47H,1,7-16,19H2,2-5H3,(H,49,50)(H,42,48,51)/t21-,22+,31-,33?,34+,38-,39+,40?/m1/s1. The number of alkyl carbamates (subject to hydrolysis) is 1. The summed E-state index contributed by atoms with van der Waals surface area (Å²) in [5.74, 6) is -3.38. The van der Waals surface area contributed by atoms with E-state index >= 15 is 4.39 Å². The highest BCUT2D eigenvalue weighted by Crippen LogP contribution is 2.68. The Bertz CT molecular complexity index is 1920. The van der Waals surface area contributed by atoms with Gasteiger partial charge in [-0.2, -0.15) is 0 Å². The fraction of sp³-hybridized carbons (Fsp3) is 0.625. The molecule has 7 rings (SSSR count). The van der Waals surface area contributed by atoms with E-state index in [9.17, 15) is 34.2 Å². The van der Waals surface area contributed by atoms with Gasteiger partial charge < -0.3 is 24.4 Å². The molecule has 2 amide bonds. The molecule has 8 atom stereocenters. The van der Waals surface area contributed by atoms with Gasteiger partial charge in [-0.05, 0) is 80.8 Å². The van der Waals surface area contributed by atoms with E-state index in [1.807, 2.05) is 20.8 Å². The van der Waals surface area contributed by atoms with Crippen molar-refractivity contribution in [1.82, 2.24) is 9.88 Å². The van der Waals surface area contributed by atoms with Crippen molar-refractivity contribution in [3.05, 3.63) is 52.6 Å². The van der Waals surface area contributed by atoms with E-state index in [4.69, 9.17) is 4.74 Å². The number of Topliss-reactive ketones (excluding diaryl/α,β-unsaturated/α-hetero) is 1. The molecule has 4 aliphatic carbocycles. The molecule has 2 heterocycles. The monoisotopic (exact) mass is 719 g/mol. The van der Waals surface area contributed by atoms with Gasteiger partial charge in [0.2, 0.25) is 11.3 Å². The van der Waals surface area contributed by atoms with Crippen molar-refractivity contribution in [3.63, 3.8) is 0 Å². The number of carbonyl (C=O) groups excluding carboxylic acids is 3. The number of halogens is 1. The molecule has 2 aromatic rings. The number of anilines is 1. The van der Waals surface area contributed by atoms with Crippen LogP contribution in [-0.4, -0.2) is 63.8 Å². The number of amides is 2. The van der Waals surface area contributed by atoms with Crippen LogP contribution in [0.25, 0.3) is 10.9 Å². The summed E-state index contributed by atoms with van der Waals surface area (Å²) in [5, 5.41) is 23.8. The number of rotatable bonds is 6. The number of nitrogens with one attached hydrogen (secondary N) is 1. The number of carbonyl (C=O) groups is 4. The number of hydrogen-bond donors (Lipinski definition) is 3. The van der Waals surface area contributed by atoms with Crippen LogP contribution in [0.2, 0.25) is 0 Å². The number of aliphatic hydroxyl groups is 1. The van der Waals surface area contributed by atoms with Crippen molar-refractivity contribution in [1.29, 1.82) is 0 Å². The number of nitrogens with zero attached hydrogens (tertiary/aromatic N) is 2. The average molecular weight is 720 g/mol. The Kier molecular flexibility index (Phi) is 8.94. The van der Waals surface area contributed by atoms with Crippen LogP contribution in [0.5, 0.6) is 0 Å². The molecule has 52 heavy (non-hydrogen) atoms. The lowest BCUT2D eigenvalue weighted by Crippen LogP contribution is -2.63. The number of aliphatic hydroxyl groups excluding tert-OH is 1. The van der Waals surface area contributed by atoms with Gasteiger partial charge in [-0.1, -0.05) is 33.8 Å². The van der Waals surface area contributed by atoms with Crippen LogP contribution in [0.1, 0.15) is 102 Å². The summed E-state index contributed by atoms with van der Waals surface area (Å²) in [7, 11) is 0. The molecule has 12 heteroatoms. The van der Waals surface area contributed by atoms with Crippen molar-refractivity contribution in [3.8, 4) is 0 Å². The summed E-state index contributed by atoms with van der Waals surface area (Å²) in [6.45, 7) is 12.8. The van der Waals surface area contributed by atoms with Crippen LogP contribution in [0.4, 0.5) is 14.9 Å². The molecule has 0 radical (unpaired) electrons. The molecule has 1 aromatic carbocycles. The Labute approximate surface area is 302 Å². The number of carboxylic acid groups (broad SMARTS) is 1. The summed E-state index contributed by atoms with van der Waals surface area (Å²) >= 11 is 0. The first kappa shape index (κ1) is 36.3. The highest BCUT2D eigenvalue weighted by atomic mass is 19.1. The minimum Gasteiger partial charge on any atom is -0.477 e. The molecular weight excluding hydrogens is 669 g/mol. The number of imide groups is 1. The van der Waals surface area contributed by atoms with Gasteiger partial charge in [0.05, 0.1) is 17.3 Å². The molecule has 11 nitrogen and oxygen atoms in total. The Morgan fingerprint density at radius 2 is 1.75 bits per heavy atom. The van der Waals surface area contributed by atoms with Gasteiger partial charge in [-0.15, -0.1) is 6.58 Å². The van der Waals surface area contributed by atoms with Gasteiger partial charge in [0.1, 0.15) is 23.3 Å². The smallest absolute Gasteiger partial charge is 0.414 e. The van der Waals surface area contributed by atoms with Crippen molar-refractivity contribution >= 4 is 40.3 Å². The van der Waals surface area contributed by atoms with Crippen LogP contribution >= 0.6 is 0 Å². The number of ketones is 1. The third-order valence-electron chi connectivity index (χ3n) is 14.3.